The molecule has 0 radical (unpaired) electrons. The zero-order valence-corrected chi connectivity index (χ0v) is 49.2. The second-order valence-corrected chi connectivity index (χ2v) is 22.1. The lowest BCUT2D eigenvalue weighted by atomic mass is 9.81. The molecule has 496 valence electrons. The zero-order chi connectivity index (χ0) is 61.5. The second kappa shape index (κ2) is 38.5. The monoisotopic (exact) mass is 1230 g/mol. The normalized spacial score (nSPS) is 38.8. The smallest absolute Gasteiger partial charge is 0.187 e. The first kappa shape index (κ1) is 73.5. The maximum absolute atomic E-state index is 12.4. The van der Waals surface area contributed by atoms with Gasteiger partial charge in [-0.1, -0.05) is 13.8 Å². The van der Waals surface area contributed by atoms with Gasteiger partial charge in [-0.15, -0.1) is 0 Å². The van der Waals surface area contributed by atoms with Crippen LogP contribution in [0.5, 0.6) is 0 Å². The van der Waals surface area contributed by atoms with Crippen molar-refractivity contribution in [1.82, 2.24) is 0 Å². The molecule has 10 unspecified atom stereocenters. The lowest BCUT2D eigenvalue weighted by molar-refractivity contribution is -0.394. The Kier molecular flexibility index (Phi) is 33.7. The summed E-state index contributed by atoms with van der Waals surface area (Å²) in [5.74, 6) is -1.23. The van der Waals surface area contributed by atoms with Gasteiger partial charge in [0, 0.05) is 18.3 Å². The van der Waals surface area contributed by atoms with E-state index in [2.05, 4.69) is 0 Å². The maximum Gasteiger partial charge on any atom is 0.187 e. The largest absolute Gasteiger partial charge is 0.394 e. The summed E-state index contributed by atoms with van der Waals surface area (Å²) in [6.07, 6.45) is -31.2. The SMILES string of the molecule is CC(C)O[C@@H]1OC(COCCO)[C@H](O[C@@H]2OC(CO[C@H]3CC(OCCO)[C@H](OC(C)C)CC3COCCO)[C@H](O[C@@H]3OC(CO)[C@H](O[C@@H]4OC(COCCO)[C@@H](C(C)C)[C@H](O)C4OCCO)[C@H](O)C3OCCO)[C@H](O)C2O)[C@H](O)C1OCCO. The summed E-state index contributed by atoms with van der Waals surface area (Å²) in [6, 6.07) is 0. The van der Waals surface area contributed by atoms with Gasteiger partial charge in [0.2, 0.25) is 0 Å². The molecule has 4 aliphatic heterocycles. The minimum atomic E-state index is -2.04. The van der Waals surface area contributed by atoms with E-state index in [9.17, 15) is 66.4 Å². The Morgan fingerprint density at radius 3 is 1.31 bits per heavy atom. The topological polar surface area (TPSA) is 420 Å². The minimum Gasteiger partial charge on any atom is -0.394 e. The summed E-state index contributed by atoms with van der Waals surface area (Å²) in [5, 5.41) is 139. The van der Waals surface area contributed by atoms with Crippen LogP contribution in [0.15, 0.2) is 0 Å². The van der Waals surface area contributed by atoms with Crippen LogP contribution in [0.2, 0.25) is 0 Å². The van der Waals surface area contributed by atoms with E-state index in [1.165, 1.54) is 0 Å². The van der Waals surface area contributed by atoms with E-state index in [0.717, 1.165) is 0 Å². The first-order valence-electron chi connectivity index (χ1n) is 29.4. The lowest BCUT2D eigenvalue weighted by Gasteiger charge is -2.51. The molecule has 1 aliphatic carbocycles. The molecule has 13 N–H and O–H groups in total. The second-order valence-electron chi connectivity index (χ2n) is 22.1. The van der Waals surface area contributed by atoms with Crippen LogP contribution >= 0.6 is 0 Å². The molecule has 0 aromatic rings. The van der Waals surface area contributed by atoms with Gasteiger partial charge in [0.05, 0.1) is 168 Å². The third-order valence-corrected chi connectivity index (χ3v) is 14.9. The van der Waals surface area contributed by atoms with E-state index in [1.54, 1.807) is 13.8 Å². The van der Waals surface area contributed by atoms with Gasteiger partial charge in [0.15, 0.2) is 25.2 Å². The Hall–Kier alpha value is -1.20. The van der Waals surface area contributed by atoms with Gasteiger partial charge in [-0.3, -0.25) is 0 Å². The van der Waals surface area contributed by atoms with Crippen LogP contribution in [0, 0.1) is 17.8 Å². The van der Waals surface area contributed by atoms with E-state index in [-0.39, 0.29) is 104 Å². The van der Waals surface area contributed by atoms with E-state index < -0.39 is 193 Å². The minimum absolute atomic E-state index is 0.00776. The van der Waals surface area contributed by atoms with Crippen molar-refractivity contribution in [3.05, 3.63) is 0 Å². The molecule has 30 nitrogen and oxygen atoms in total. The van der Waals surface area contributed by atoms with Crippen molar-refractivity contribution in [2.24, 2.45) is 17.8 Å². The molecule has 5 aliphatic rings. The molecule has 0 bridgehead atoms. The van der Waals surface area contributed by atoms with Gasteiger partial charge >= 0.3 is 0 Å². The summed E-state index contributed by atoms with van der Waals surface area (Å²) in [4.78, 5) is 0. The average Bonchev–Trinajstić information content (AvgIpc) is 1.73. The van der Waals surface area contributed by atoms with Crippen LogP contribution < -0.4 is 0 Å². The fourth-order valence-electron chi connectivity index (χ4n) is 11.3. The predicted octanol–water partition coefficient (Wildman–Crippen LogP) is -5.34. The maximum atomic E-state index is 12.4. The molecule has 24 atom stereocenters. The number of ether oxygens (including phenoxy) is 17. The molecule has 4 heterocycles. The molecule has 0 aromatic carbocycles. The average molecular weight is 1230 g/mol. The van der Waals surface area contributed by atoms with Crippen LogP contribution in [0.1, 0.15) is 54.4 Å². The van der Waals surface area contributed by atoms with Gasteiger partial charge < -0.3 is 147 Å². The van der Waals surface area contributed by atoms with Crippen molar-refractivity contribution < 1.29 is 147 Å². The number of aliphatic hydroxyl groups is 13. The molecule has 84 heavy (non-hydrogen) atoms. The van der Waals surface area contributed by atoms with Gasteiger partial charge in [-0.05, 0) is 40.0 Å². The van der Waals surface area contributed by atoms with E-state index >= 15 is 0 Å². The quantitative estimate of drug-likeness (QED) is 0.0256. The van der Waals surface area contributed by atoms with Gasteiger partial charge in [-0.25, -0.2) is 0 Å². The summed E-state index contributed by atoms with van der Waals surface area (Å²) >= 11 is 0. The van der Waals surface area contributed by atoms with Crippen LogP contribution in [0.4, 0.5) is 0 Å². The highest BCUT2D eigenvalue weighted by atomic mass is 16.8. The van der Waals surface area contributed by atoms with Crippen molar-refractivity contribution in [3.63, 3.8) is 0 Å². The lowest BCUT2D eigenvalue weighted by Crippen LogP contribution is -2.68. The van der Waals surface area contributed by atoms with E-state index in [4.69, 9.17) is 80.5 Å². The van der Waals surface area contributed by atoms with Crippen molar-refractivity contribution >= 4 is 0 Å². The molecule has 0 spiro atoms. The molecular formula is C54H100O30. The molecule has 5 fully saturated rings. The first-order valence-corrected chi connectivity index (χ1v) is 29.4. The van der Waals surface area contributed by atoms with Crippen molar-refractivity contribution in [2.45, 2.75) is 202 Å². The highest BCUT2D eigenvalue weighted by Crippen LogP contribution is 2.40. The van der Waals surface area contributed by atoms with Crippen LogP contribution in [-0.4, -0.2) is 339 Å². The van der Waals surface area contributed by atoms with Crippen molar-refractivity contribution in [1.29, 1.82) is 0 Å². The summed E-state index contributed by atoms with van der Waals surface area (Å²) in [6.45, 7) is 5.42. The van der Waals surface area contributed by atoms with Crippen LogP contribution in [0.25, 0.3) is 0 Å². The molecule has 5 rings (SSSR count). The molecule has 30 heteroatoms. The highest BCUT2D eigenvalue weighted by molar-refractivity contribution is 5.00. The standard InChI is InChI=1S/C54H100O30/c1-28(2)39-36(25-69-15-8-56)79-53(48(40(39)63)72-18-11-59)83-45-35(23-62)78-54(50(43(45)66)74-20-13-61)84-46-38(27-75-32-22-33(71-17-10-58)34(76-29(3)4)21-31(32)24-68-14-7-55)80-51(42(65)41(46)64)82-47-37(26-70-16-9-57)81-52(77-30(5)6)49(44(47)67)73-19-12-60/h28-67H,7-27H2,1-6H3/t31?,32-,33?,34+,35?,36?,37?,38?,39+,40-,41+,42?,43-,44-,45-,46-,47-,48?,49?,50?,51-,52+,53-,54-/m0/s1. The van der Waals surface area contributed by atoms with E-state index in [1.807, 2.05) is 27.7 Å². The first-order chi connectivity index (χ1) is 40.4. The highest BCUT2D eigenvalue weighted by Gasteiger charge is 2.57. The molecule has 0 amide bonds. The molecule has 4 saturated heterocycles. The number of rotatable bonds is 39. The van der Waals surface area contributed by atoms with Crippen molar-refractivity contribution in [2.75, 3.05) is 126 Å². The summed E-state index contributed by atoms with van der Waals surface area (Å²) in [5.41, 5.74) is 0. The fourth-order valence-corrected chi connectivity index (χ4v) is 11.3. The Bertz CT molecular complexity index is 1710. The van der Waals surface area contributed by atoms with Gasteiger partial charge in [-0.2, -0.15) is 0 Å². The fraction of sp³-hybridized carbons (Fsp3) is 1.00. The Morgan fingerprint density at radius 2 is 0.786 bits per heavy atom. The Balaban J connectivity index is 1.52. The third-order valence-electron chi connectivity index (χ3n) is 14.9. The number of hydrogen-bond acceptors (Lipinski definition) is 30. The number of aliphatic hydroxyl groups excluding tert-OH is 13. The van der Waals surface area contributed by atoms with Crippen molar-refractivity contribution in [3.8, 4) is 0 Å². The van der Waals surface area contributed by atoms with Gasteiger partial charge in [0.25, 0.3) is 0 Å². The molecule has 0 aromatic heterocycles. The summed E-state index contributed by atoms with van der Waals surface area (Å²) < 4.78 is 105. The van der Waals surface area contributed by atoms with E-state index in [0.29, 0.717) is 6.42 Å². The Labute approximate surface area is 490 Å². The summed E-state index contributed by atoms with van der Waals surface area (Å²) in [7, 11) is 0. The van der Waals surface area contributed by atoms with Crippen LogP contribution in [0.3, 0.4) is 0 Å². The molecule has 1 saturated carbocycles. The van der Waals surface area contributed by atoms with Crippen LogP contribution in [-0.2, 0) is 80.5 Å². The third kappa shape index (κ3) is 20.9. The molecular weight excluding hydrogens is 1130 g/mol. The zero-order valence-electron chi connectivity index (χ0n) is 49.2. The Morgan fingerprint density at radius 1 is 0.357 bits per heavy atom. The predicted molar refractivity (Wildman–Crippen MR) is 284 cm³/mol. The number of hydrogen-bond donors (Lipinski definition) is 13. The van der Waals surface area contributed by atoms with Gasteiger partial charge in [0.1, 0.15) is 79.4 Å².